The number of nitrogens with one attached hydrogen (secondary N) is 2. The van der Waals surface area contributed by atoms with Gasteiger partial charge >= 0.3 is 24.3 Å². The molecule has 2 aliphatic carbocycles. The van der Waals surface area contributed by atoms with Gasteiger partial charge in [0.1, 0.15) is 35.4 Å². The van der Waals surface area contributed by atoms with E-state index in [1.54, 1.807) is 86.5 Å². The number of esters is 1. The molecule has 2 saturated carbocycles. The van der Waals surface area contributed by atoms with E-state index in [0.29, 0.717) is 48.9 Å². The molecule has 2 aliphatic rings. The molecule has 2 amide bonds. The lowest BCUT2D eigenvalue weighted by molar-refractivity contribution is -0.144. The quantitative estimate of drug-likeness (QED) is 0.0333. The maximum absolute atomic E-state index is 16.9. The van der Waals surface area contributed by atoms with Crippen molar-refractivity contribution in [3.05, 3.63) is 183 Å². The number of benzene rings is 4. The molecule has 4 atom stereocenters. The maximum Gasteiger partial charge on any atom is 0.416 e. The number of amides is 2. The zero-order valence-corrected chi connectivity index (χ0v) is 59.5. The van der Waals surface area contributed by atoms with Crippen molar-refractivity contribution in [3.8, 4) is 22.3 Å². The van der Waals surface area contributed by atoms with E-state index in [9.17, 15) is 60.2 Å². The summed E-state index contributed by atoms with van der Waals surface area (Å²) < 4.78 is 158. The van der Waals surface area contributed by atoms with Gasteiger partial charge in [-0.1, -0.05) is 63.1 Å². The Kier molecular flexibility index (Phi) is 25.9. The van der Waals surface area contributed by atoms with Crippen LogP contribution in [0.5, 0.6) is 0 Å². The van der Waals surface area contributed by atoms with Crippen LogP contribution >= 0.6 is 0 Å². The fraction of sp³-hybridized carbons (Fsp3) is 0.500. The number of likely N-dealkylation sites (N-methyl/N-ethyl adjacent to an activating group) is 2. The van der Waals surface area contributed by atoms with Crippen molar-refractivity contribution in [2.75, 3.05) is 47.9 Å². The summed E-state index contributed by atoms with van der Waals surface area (Å²) in [6, 6.07) is 5.42. The molecule has 0 radical (unpaired) electrons. The minimum Gasteiger partial charge on any atom is -0.481 e. The molecule has 4 aromatic carbocycles. The third-order valence-corrected chi connectivity index (χ3v) is 18.1. The standard InChI is InChI=1S/C39H48F5N3O4.C37H44F5N3O4/c1-9-51-33(49)19-30(35-36(40)27(25-10-11-25)17-28(37(35)41)34-23(5)15-22(4)16-24(34)6)45-38(50)31(14-21(2)3)47-20-26(12-13-46(7)8)29(18-32(47)48)39(42,43)44;1-19(2)12-29(45-18-24(10-11-44(6)7)27(16-30(45)46)37(40,41)42)36(49)43-28(17-31(47)48)33-34(38)25(23-8-9-23)15-26(35(33)39)32-21(4)13-20(3)14-22(32)5/h15-18,20-21,25,30-31H,9-14,19H2,1-8H3,(H,45,50);13-16,18-19,23,28-29H,8-12,17H2,1-7H3,(H,43,49)(H,47,48)/t30-,31?;28-,29?/m00/s1. The molecule has 100 heavy (non-hydrogen) atoms. The second-order valence-electron chi connectivity index (χ2n) is 28.2. The average Bonchev–Trinajstić information content (AvgIpc) is 0.962. The van der Waals surface area contributed by atoms with Crippen LogP contribution in [-0.2, 0) is 49.1 Å². The number of carbonyl (C=O) groups is 4. The number of aromatic nitrogens is 2. The number of hydrogen-bond acceptors (Lipinski definition) is 9. The number of hydrogen-bond donors (Lipinski definition) is 3. The molecule has 8 rings (SSSR count). The minimum atomic E-state index is -4.82. The summed E-state index contributed by atoms with van der Waals surface area (Å²) >= 11 is 0. The molecule has 14 nitrogen and oxygen atoms in total. The number of pyridine rings is 2. The molecular formula is C76H92F10N6O8. The van der Waals surface area contributed by atoms with Gasteiger partial charge in [-0.05, 0) is 219 Å². The first-order valence-electron chi connectivity index (χ1n) is 33.8. The van der Waals surface area contributed by atoms with Crippen molar-refractivity contribution in [3.63, 3.8) is 0 Å². The van der Waals surface area contributed by atoms with E-state index in [4.69, 9.17) is 4.74 Å². The van der Waals surface area contributed by atoms with Crippen molar-refractivity contribution in [1.29, 1.82) is 0 Å². The molecule has 2 unspecified atom stereocenters. The monoisotopic (exact) mass is 1410 g/mol. The normalized spacial score (nSPS) is 14.7. The van der Waals surface area contributed by atoms with Crippen molar-refractivity contribution in [2.45, 2.75) is 189 Å². The number of alkyl halides is 6. The average molecular weight is 1410 g/mol. The molecule has 24 heteroatoms. The summed E-state index contributed by atoms with van der Waals surface area (Å²) in [4.78, 5) is 83.3. The Balaban J connectivity index is 0.000000281. The summed E-state index contributed by atoms with van der Waals surface area (Å²) in [5.41, 5.74) is 0.876. The van der Waals surface area contributed by atoms with Crippen LogP contribution in [0.25, 0.3) is 22.3 Å². The molecule has 0 aliphatic heterocycles. The molecule has 6 aromatic rings. The molecule has 0 saturated heterocycles. The fourth-order valence-corrected chi connectivity index (χ4v) is 13.3. The Labute approximate surface area is 577 Å². The van der Waals surface area contributed by atoms with Crippen molar-refractivity contribution in [2.24, 2.45) is 11.8 Å². The Bertz CT molecular complexity index is 4100. The Morgan fingerprint density at radius 3 is 1.18 bits per heavy atom. The largest absolute Gasteiger partial charge is 0.481 e. The molecule has 544 valence electrons. The second-order valence-corrected chi connectivity index (χ2v) is 28.2. The first-order valence-corrected chi connectivity index (χ1v) is 33.8. The highest BCUT2D eigenvalue weighted by Crippen LogP contribution is 2.49. The van der Waals surface area contributed by atoms with Crippen LogP contribution in [0.2, 0.25) is 0 Å². The van der Waals surface area contributed by atoms with Gasteiger partial charge in [0.15, 0.2) is 0 Å². The number of carbonyl (C=O) groups excluding carboxylic acids is 3. The molecule has 2 aromatic heterocycles. The van der Waals surface area contributed by atoms with Gasteiger partial charge in [0.2, 0.25) is 11.8 Å². The van der Waals surface area contributed by atoms with E-state index < -0.39 is 130 Å². The van der Waals surface area contributed by atoms with Gasteiger partial charge in [-0.25, -0.2) is 17.6 Å². The van der Waals surface area contributed by atoms with Crippen molar-refractivity contribution >= 4 is 23.8 Å². The van der Waals surface area contributed by atoms with E-state index in [1.165, 1.54) is 12.1 Å². The van der Waals surface area contributed by atoms with Crippen LogP contribution in [0.1, 0.15) is 200 Å². The predicted octanol–water partition coefficient (Wildman–Crippen LogP) is 15.8. The minimum absolute atomic E-state index is 0.0104. The van der Waals surface area contributed by atoms with Gasteiger partial charge in [0, 0.05) is 59.9 Å². The summed E-state index contributed by atoms with van der Waals surface area (Å²) in [7, 11) is 6.77. The molecular weight excluding hydrogens is 1310 g/mol. The van der Waals surface area contributed by atoms with Gasteiger partial charge in [-0.3, -0.25) is 28.8 Å². The summed E-state index contributed by atoms with van der Waals surface area (Å²) in [6.45, 7) is 20.1. The van der Waals surface area contributed by atoms with Crippen LogP contribution in [-0.4, -0.2) is 95.7 Å². The third kappa shape index (κ3) is 19.5. The number of aliphatic carboxylic acids is 1. The van der Waals surface area contributed by atoms with Crippen LogP contribution < -0.4 is 21.8 Å². The lowest BCUT2D eigenvalue weighted by atomic mass is 9.87. The number of carboxylic acid groups (broad SMARTS) is 1. The molecule has 0 spiro atoms. The number of rotatable bonds is 27. The Hall–Kier alpha value is -8.12. The van der Waals surface area contributed by atoms with Crippen LogP contribution in [0, 0.1) is 76.6 Å². The van der Waals surface area contributed by atoms with Gasteiger partial charge in [0.25, 0.3) is 11.1 Å². The smallest absolute Gasteiger partial charge is 0.416 e. The highest BCUT2D eigenvalue weighted by Gasteiger charge is 2.41. The lowest BCUT2D eigenvalue weighted by Gasteiger charge is -2.28. The zero-order valence-electron chi connectivity index (χ0n) is 59.5. The van der Waals surface area contributed by atoms with Crippen molar-refractivity contribution < 1.29 is 72.9 Å². The topological polar surface area (TPSA) is 172 Å². The van der Waals surface area contributed by atoms with Gasteiger partial charge in [-0.2, -0.15) is 26.3 Å². The van der Waals surface area contributed by atoms with E-state index >= 15 is 17.6 Å². The summed E-state index contributed by atoms with van der Waals surface area (Å²) in [5.74, 6) is -8.72. The van der Waals surface area contributed by atoms with E-state index in [-0.39, 0.29) is 102 Å². The number of carboxylic acids is 1. The second kappa shape index (κ2) is 32.7. The SMILES string of the molecule is CCOC(=O)C[C@H](NC(=O)C(CC(C)C)n1cc(CCN(C)C)c(C(F)(F)F)cc1=O)c1c(F)c(-c2c(C)cc(C)cc2C)cc(C2CC2)c1F.Cc1cc(C)c(-c2cc(C3CC3)c(F)c([C@H](CC(=O)O)NC(=O)C(CC(C)C)n3cc(CCN(C)C)c(C(F)(F)F)cc3=O)c2F)c(C)c1. The van der Waals surface area contributed by atoms with Crippen LogP contribution in [0.3, 0.4) is 0 Å². The Morgan fingerprint density at radius 1 is 0.550 bits per heavy atom. The third-order valence-electron chi connectivity index (χ3n) is 18.1. The Morgan fingerprint density at radius 2 is 0.890 bits per heavy atom. The molecule has 3 N–H and O–H groups in total. The first-order chi connectivity index (χ1) is 46.6. The molecule has 2 heterocycles. The first kappa shape index (κ1) is 79.2. The predicted molar refractivity (Wildman–Crippen MR) is 364 cm³/mol. The number of aryl methyl sites for hydroxylation is 6. The highest BCUT2D eigenvalue weighted by atomic mass is 19.4. The lowest BCUT2D eigenvalue weighted by Crippen LogP contribution is -2.41. The van der Waals surface area contributed by atoms with Gasteiger partial charge < -0.3 is 39.4 Å². The van der Waals surface area contributed by atoms with Gasteiger partial charge in [0.05, 0.1) is 42.7 Å². The van der Waals surface area contributed by atoms with E-state index in [2.05, 4.69) is 10.6 Å². The maximum atomic E-state index is 16.9. The van der Waals surface area contributed by atoms with E-state index in [1.807, 2.05) is 52.0 Å². The molecule has 2 fully saturated rings. The van der Waals surface area contributed by atoms with Crippen molar-refractivity contribution in [1.82, 2.24) is 29.6 Å². The fourth-order valence-electron chi connectivity index (χ4n) is 13.3. The highest BCUT2D eigenvalue weighted by molar-refractivity contribution is 5.84. The zero-order chi connectivity index (χ0) is 74.5. The van der Waals surface area contributed by atoms with Crippen LogP contribution in [0.4, 0.5) is 43.9 Å². The molecule has 0 bridgehead atoms. The van der Waals surface area contributed by atoms with Gasteiger partial charge in [-0.15, -0.1) is 0 Å². The van der Waals surface area contributed by atoms with E-state index in [0.717, 1.165) is 54.9 Å². The summed E-state index contributed by atoms with van der Waals surface area (Å²) in [5, 5.41) is 15.0. The summed E-state index contributed by atoms with van der Waals surface area (Å²) in [6.07, 6.45) is -6.54. The number of nitrogens with zero attached hydrogens (tertiary/aromatic N) is 4. The van der Waals surface area contributed by atoms with Crippen LogP contribution in [0.15, 0.2) is 70.5 Å². The number of ether oxygens (including phenoxy) is 1. The number of halogens is 10.